The van der Waals surface area contributed by atoms with Crippen LogP contribution in [0.3, 0.4) is 0 Å². The van der Waals surface area contributed by atoms with Gasteiger partial charge in [-0.3, -0.25) is 13.8 Å². The SMILES string of the molecule is Cc1nc2c(-c3[c-]cc(F)cc3F)nccn2c1C.[Ir].[c-]1ccccc1N1[CH-]N(CCCCN2[CH-]N(c3[c-]cccc3)c3nccnc32)c2nccnc21. The quantitative estimate of drug-likeness (QED) is 0.112. The molecule has 2 aliphatic rings. The summed E-state index contributed by atoms with van der Waals surface area (Å²) >= 11 is 0. The van der Waals surface area contributed by atoms with Crippen LogP contribution in [0.5, 0.6) is 0 Å². The van der Waals surface area contributed by atoms with Gasteiger partial charge in [0.25, 0.3) is 0 Å². The van der Waals surface area contributed by atoms with E-state index in [4.69, 9.17) is 0 Å². The van der Waals surface area contributed by atoms with Crippen LogP contribution in [-0.4, -0.2) is 47.4 Å². The summed E-state index contributed by atoms with van der Waals surface area (Å²) in [7, 11) is 0. The Labute approximate surface area is 325 Å². The molecule has 54 heavy (non-hydrogen) atoms. The van der Waals surface area contributed by atoms with Crippen LogP contribution in [-0.2, 0) is 20.1 Å². The summed E-state index contributed by atoms with van der Waals surface area (Å²) in [5.41, 5.74) is 4.73. The van der Waals surface area contributed by atoms with Crippen molar-refractivity contribution in [3.05, 3.63) is 152 Å². The Morgan fingerprint density at radius 3 is 1.76 bits per heavy atom. The number of hydrogen-bond acceptors (Lipinski definition) is 10. The number of nitrogens with zero attached hydrogens (tertiary/aromatic N) is 11. The van der Waals surface area contributed by atoms with Gasteiger partial charge < -0.3 is 24.0 Å². The normalized spacial score (nSPS) is 13.0. The Bertz CT molecular complexity index is 2260. The van der Waals surface area contributed by atoms with Gasteiger partial charge in [-0.2, -0.15) is 60.7 Å². The van der Waals surface area contributed by atoms with Gasteiger partial charge in [0, 0.05) is 80.3 Å². The molecule has 4 aromatic heterocycles. The minimum absolute atomic E-state index is 0. The van der Waals surface area contributed by atoms with Crippen LogP contribution in [0.15, 0.2) is 97.8 Å². The maximum atomic E-state index is 13.8. The molecular formula is C40H32F2IrN11-5. The minimum atomic E-state index is -0.695. The molecule has 275 valence electrons. The zero-order valence-electron chi connectivity index (χ0n) is 29.2. The van der Waals surface area contributed by atoms with Gasteiger partial charge >= 0.3 is 0 Å². The Balaban J connectivity index is 0.000000191. The van der Waals surface area contributed by atoms with Crippen molar-refractivity contribution in [2.75, 3.05) is 32.7 Å². The third-order valence-electron chi connectivity index (χ3n) is 8.90. The standard InChI is InChI=1S/C26H22N8.C14H10F2N3.Ir/c1-3-9-21(10-4-1)33-19-31(23-25(33)29-15-13-27-23)17-7-8-18-32-20-34(22-11-5-2-6-12-22)26-24(32)28-14-16-30-26;1-8-9(2)19-6-5-17-13(14(19)18-8)11-4-3-10(15)7-12(11)16;/h1-6,9,11,13-16,19-20H,7-8,17-18H2;3,5-7H,1-2H3;/q-4;-1;. The molecule has 0 saturated carbocycles. The molecule has 11 nitrogen and oxygen atoms in total. The Morgan fingerprint density at radius 2 is 1.24 bits per heavy atom. The predicted molar refractivity (Wildman–Crippen MR) is 198 cm³/mol. The molecule has 7 aromatic rings. The topological polar surface area (TPSA) is 94.7 Å². The summed E-state index contributed by atoms with van der Waals surface area (Å²) in [5, 5.41) is 0. The first-order chi connectivity index (χ1) is 26.0. The molecule has 0 amide bonds. The van der Waals surface area contributed by atoms with Crippen molar-refractivity contribution in [3.8, 4) is 11.3 Å². The van der Waals surface area contributed by atoms with Crippen LogP contribution in [0.2, 0.25) is 0 Å². The Morgan fingerprint density at radius 1 is 0.685 bits per heavy atom. The summed E-state index contributed by atoms with van der Waals surface area (Å²) < 4.78 is 28.6. The Hall–Kier alpha value is -5.85. The van der Waals surface area contributed by atoms with E-state index in [2.05, 4.69) is 71.2 Å². The van der Waals surface area contributed by atoms with E-state index in [-0.39, 0.29) is 25.7 Å². The summed E-state index contributed by atoms with van der Waals surface area (Å²) in [6.45, 7) is 9.60. The predicted octanol–water partition coefficient (Wildman–Crippen LogP) is 7.59. The third-order valence-corrected chi connectivity index (χ3v) is 8.90. The maximum absolute atomic E-state index is 13.8. The van der Waals surface area contributed by atoms with E-state index in [9.17, 15) is 8.78 Å². The molecule has 2 aliphatic heterocycles. The number of imidazole rings is 1. The van der Waals surface area contributed by atoms with E-state index in [0.717, 1.165) is 84.1 Å². The molecule has 6 heterocycles. The van der Waals surface area contributed by atoms with Crippen LogP contribution < -0.4 is 19.6 Å². The smallest absolute Gasteiger partial charge is 0.143 e. The number of anilines is 6. The van der Waals surface area contributed by atoms with E-state index in [1.807, 2.05) is 76.6 Å². The monoisotopic (exact) mass is 897 g/mol. The fourth-order valence-corrected chi connectivity index (χ4v) is 6.21. The number of unbranched alkanes of at least 4 members (excludes halogenated alkanes) is 1. The van der Waals surface area contributed by atoms with Gasteiger partial charge in [-0.25, -0.2) is 24.9 Å². The molecule has 9 rings (SSSR count). The molecule has 0 aliphatic carbocycles. The van der Waals surface area contributed by atoms with E-state index in [0.29, 0.717) is 11.3 Å². The number of benzene rings is 3. The number of rotatable bonds is 8. The first-order valence-corrected chi connectivity index (χ1v) is 17.0. The summed E-state index contributed by atoms with van der Waals surface area (Å²) in [6.07, 6.45) is 12.2. The zero-order chi connectivity index (χ0) is 36.3. The minimum Gasteiger partial charge on any atom is -0.485 e. The van der Waals surface area contributed by atoms with Crippen molar-refractivity contribution in [2.24, 2.45) is 0 Å². The fraction of sp³-hybridized carbons (Fsp3) is 0.150. The van der Waals surface area contributed by atoms with E-state index in [1.54, 1.807) is 37.2 Å². The molecular weight excluding hydrogens is 865 g/mol. The summed E-state index contributed by atoms with van der Waals surface area (Å²) in [6, 6.07) is 26.8. The number of fused-ring (bicyclic) bond motifs is 3. The second-order valence-electron chi connectivity index (χ2n) is 12.3. The van der Waals surface area contributed by atoms with Crippen molar-refractivity contribution >= 4 is 40.3 Å². The Kier molecular flexibility index (Phi) is 10.8. The molecule has 0 N–H and O–H groups in total. The van der Waals surface area contributed by atoms with Crippen molar-refractivity contribution in [1.29, 1.82) is 0 Å². The molecule has 0 unspecified atom stereocenters. The van der Waals surface area contributed by atoms with Crippen molar-refractivity contribution < 1.29 is 28.9 Å². The van der Waals surface area contributed by atoms with Crippen LogP contribution >= 0.6 is 0 Å². The molecule has 0 bridgehead atoms. The molecule has 0 fully saturated rings. The average molecular weight is 897 g/mol. The van der Waals surface area contributed by atoms with Crippen LogP contribution in [0.25, 0.3) is 16.9 Å². The second kappa shape index (κ2) is 16.0. The molecule has 14 heteroatoms. The van der Waals surface area contributed by atoms with Gasteiger partial charge in [0.05, 0.1) is 5.69 Å². The first kappa shape index (κ1) is 36.5. The van der Waals surface area contributed by atoms with Crippen LogP contribution in [0, 0.1) is 57.0 Å². The maximum Gasteiger partial charge on any atom is 0.143 e. The van der Waals surface area contributed by atoms with Crippen molar-refractivity contribution in [3.63, 3.8) is 0 Å². The average Bonchev–Trinajstić information content (AvgIpc) is 3.85. The van der Waals surface area contributed by atoms with Crippen molar-refractivity contribution in [1.82, 2.24) is 34.3 Å². The van der Waals surface area contributed by atoms with Gasteiger partial charge in [-0.05, 0) is 39.8 Å². The van der Waals surface area contributed by atoms with E-state index >= 15 is 0 Å². The number of hydrogen-bond donors (Lipinski definition) is 0. The molecule has 3 aromatic carbocycles. The molecule has 0 saturated heterocycles. The number of para-hydroxylation sites is 2. The summed E-state index contributed by atoms with van der Waals surface area (Å²) in [5.74, 6) is 2.04. The van der Waals surface area contributed by atoms with Crippen molar-refractivity contribution in [2.45, 2.75) is 26.7 Å². The molecule has 0 spiro atoms. The number of aryl methyl sites for hydroxylation is 2. The third kappa shape index (κ3) is 7.22. The van der Waals surface area contributed by atoms with Gasteiger partial charge in [0.1, 0.15) is 28.9 Å². The van der Waals surface area contributed by atoms with Gasteiger partial charge in [0.15, 0.2) is 0 Å². The van der Waals surface area contributed by atoms with Gasteiger partial charge in [-0.15, -0.1) is 36.8 Å². The van der Waals surface area contributed by atoms with Crippen LogP contribution in [0.4, 0.5) is 43.4 Å². The molecule has 1 radical (unpaired) electrons. The summed E-state index contributed by atoms with van der Waals surface area (Å²) in [4.78, 5) is 35.2. The van der Waals surface area contributed by atoms with Gasteiger partial charge in [0.2, 0.25) is 0 Å². The fourth-order valence-electron chi connectivity index (χ4n) is 6.21. The second-order valence-corrected chi connectivity index (χ2v) is 12.3. The largest absolute Gasteiger partial charge is 0.485 e. The zero-order valence-corrected chi connectivity index (χ0v) is 31.6. The number of aromatic nitrogens is 7. The van der Waals surface area contributed by atoms with E-state index < -0.39 is 11.6 Å². The van der Waals surface area contributed by atoms with E-state index in [1.165, 1.54) is 0 Å². The first-order valence-electron chi connectivity index (χ1n) is 17.0. The number of halogens is 2. The molecule has 0 atom stereocenters. The van der Waals surface area contributed by atoms with Gasteiger partial charge in [-0.1, -0.05) is 11.6 Å². The van der Waals surface area contributed by atoms with Crippen LogP contribution in [0.1, 0.15) is 24.2 Å².